The first-order valence-electron chi connectivity index (χ1n) is 8.44. The summed E-state index contributed by atoms with van der Waals surface area (Å²) in [5, 5.41) is 3.37. The summed E-state index contributed by atoms with van der Waals surface area (Å²) in [4.78, 5) is 28.5. The molecule has 24 heavy (non-hydrogen) atoms. The fourth-order valence-corrected chi connectivity index (χ4v) is 3.58. The highest BCUT2D eigenvalue weighted by molar-refractivity contribution is 5.97. The highest BCUT2D eigenvalue weighted by atomic mass is 35.5. The molecule has 1 fully saturated rings. The lowest BCUT2D eigenvalue weighted by atomic mass is 9.93. The molecule has 0 unspecified atom stereocenters. The topological polar surface area (TPSA) is 52.7 Å². The van der Waals surface area contributed by atoms with E-state index in [1.165, 1.54) is 0 Å². The van der Waals surface area contributed by atoms with Crippen LogP contribution in [0.3, 0.4) is 0 Å². The molecule has 0 aromatic heterocycles. The van der Waals surface area contributed by atoms with Crippen molar-refractivity contribution in [2.45, 2.75) is 25.7 Å². The molecule has 0 saturated carbocycles. The first kappa shape index (κ1) is 18.6. The van der Waals surface area contributed by atoms with Crippen molar-refractivity contribution >= 4 is 29.9 Å². The van der Waals surface area contributed by atoms with Gasteiger partial charge in [0.1, 0.15) is 0 Å². The number of fused-ring (bicyclic) bond motifs is 1. The van der Waals surface area contributed by atoms with E-state index in [1.807, 2.05) is 23.1 Å². The molecule has 0 radical (unpaired) electrons. The van der Waals surface area contributed by atoms with Crippen LogP contribution in [0.1, 0.15) is 35.2 Å². The van der Waals surface area contributed by atoms with E-state index in [-0.39, 0.29) is 30.1 Å². The number of hydrogen-bond donors (Lipinski definition) is 1. The lowest BCUT2D eigenvalue weighted by molar-refractivity contribution is -0.134. The van der Waals surface area contributed by atoms with E-state index in [1.54, 1.807) is 19.0 Å². The number of amides is 2. The number of halogens is 1. The Balaban J connectivity index is 0.00000208. The average Bonchev–Trinajstić information content (AvgIpc) is 2.60. The molecule has 0 atom stereocenters. The molecular weight excluding hydrogens is 326 g/mol. The van der Waals surface area contributed by atoms with Crippen LogP contribution in [0.4, 0.5) is 5.69 Å². The Morgan fingerprint density at radius 1 is 1.21 bits per heavy atom. The summed E-state index contributed by atoms with van der Waals surface area (Å²) in [6, 6.07) is 5.94. The van der Waals surface area contributed by atoms with Crippen LogP contribution in [0.2, 0.25) is 0 Å². The van der Waals surface area contributed by atoms with Crippen LogP contribution in [-0.2, 0) is 11.2 Å². The van der Waals surface area contributed by atoms with Gasteiger partial charge in [-0.2, -0.15) is 0 Å². The van der Waals surface area contributed by atoms with Gasteiger partial charge in [0.05, 0.1) is 0 Å². The summed E-state index contributed by atoms with van der Waals surface area (Å²) in [5.41, 5.74) is 3.07. The van der Waals surface area contributed by atoms with Gasteiger partial charge in [0.25, 0.3) is 5.91 Å². The Morgan fingerprint density at radius 3 is 2.58 bits per heavy atom. The minimum absolute atomic E-state index is 0. The quantitative estimate of drug-likeness (QED) is 0.890. The van der Waals surface area contributed by atoms with E-state index in [9.17, 15) is 9.59 Å². The van der Waals surface area contributed by atoms with E-state index in [4.69, 9.17) is 0 Å². The van der Waals surface area contributed by atoms with Crippen molar-refractivity contribution in [1.82, 2.24) is 9.80 Å². The number of nitrogens with zero attached hydrogens (tertiary/aromatic N) is 2. The maximum Gasteiger partial charge on any atom is 0.254 e. The smallest absolute Gasteiger partial charge is 0.254 e. The number of hydrogen-bond acceptors (Lipinski definition) is 3. The minimum atomic E-state index is 0. The molecule has 3 rings (SSSR count). The third-order valence-electron chi connectivity index (χ3n) is 4.90. The van der Waals surface area contributed by atoms with Crippen LogP contribution in [0, 0.1) is 5.92 Å². The summed E-state index contributed by atoms with van der Waals surface area (Å²) in [7, 11) is 3.59. The third-order valence-corrected chi connectivity index (χ3v) is 4.90. The summed E-state index contributed by atoms with van der Waals surface area (Å²) in [5.74, 6) is 0.347. The largest absolute Gasteiger partial charge is 0.385 e. The maximum absolute atomic E-state index is 12.9. The molecule has 0 aliphatic carbocycles. The van der Waals surface area contributed by atoms with Gasteiger partial charge in [-0.05, 0) is 43.4 Å². The van der Waals surface area contributed by atoms with Crippen molar-refractivity contribution in [2.24, 2.45) is 5.92 Å². The number of piperidine rings is 1. The number of carbonyl (C=O) groups excluding carboxylic acids is 2. The van der Waals surface area contributed by atoms with Crippen molar-refractivity contribution < 1.29 is 9.59 Å². The highest BCUT2D eigenvalue weighted by Crippen LogP contribution is 2.28. The molecule has 1 aromatic carbocycles. The predicted octanol–water partition coefficient (Wildman–Crippen LogP) is 2.41. The molecule has 0 bridgehead atoms. The Labute approximate surface area is 149 Å². The lowest BCUT2D eigenvalue weighted by Crippen LogP contribution is -2.43. The average molecular weight is 352 g/mol. The predicted molar refractivity (Wildman–Crippen MR) is 97.8 cm³/mol. The number of nitrogens with one attached hydrogen (secondary N) is 1. The summed E-state index contributed by atoms with van der Waals surface area (Å²) < 4.78 is 0. The number of carbonyl (C=O) groups is 2. The fraction of sp³-hybridized carbons (Fsp3) is 0.556. The number of likely N-dealkylation sites (tertiary alicyclic amines) is 1. The van der Waals surface area contributed by atoms with Crippen LogP contribution < -0.4 is 5.32 Å². The first-order chi connectivity index (χ1) is 11.1. The monoisotopic (exact) mass is 351 g/mol. The summed E-state index contributed by atoms with van der Waals surface area (Å²) >= 11 is 0. The fourth-order valence-electron chi connectivity index (χ4n) is 3.58. The number of anilines is 1. The molecule has 1 aromatic rings. The maximum atomic E-state index is 12.9. The second kappa shape index (κ2) is 7.88. The van der Waals surface area contributed by atoms with Gasteiger partial charge in [-0.25, -0.2) is 0 Å². The second-order valence-electron chi connectivity index (χ2n) is 6.66. The molecule has 2 amide bonds. The van der Waals surface area contributed by atoms with Crippen LogP contribution >= 0.6 is 12.4 Å². The molecule has 132 valence electrons. The zero-order chi connectivity index (χ0) is 16.4. The van der Waals surface area contributed by atoms with Gasteiger partial charge >= 0.3 is 0 Å². The van der Waals surface area contributed by atoms with Crippen LogP contribution in [-0.4, -0.2) is 55.3 Å². The zero-order valence-electron chi connectivity index (χ0n) is 14.4. The van der Waals surface area contributed by atoms with Crippen molar-refractivity contribution in [1.29, 1.82) is 0 Å². The third kappa shape index (κ3) is 3.66. The highest BCUT2D eigenvalue weighted by Gasteiger charge is 2.29. The lowest BCUT2D eigenvalue weighted by Gasteiger charge is -2.33. The molecule has 2 aliphatic rings. The SMILES string of the molecule is CN(C)C(=O)C1CCN(C(=O)c2cccc3c2CCCN3)CC1.Cl. The minimum Gasteiger partial charge on any atom is -0.385 e. The van der Waals surface area contributed by atoms with E-state index in [0.29, 0.717) is 13.1 Å². The van der Waals surface area contributed by atoms with E-state index < -0.39 is 0 Å². The number of rotatable bonds is 2. The molecule has 1 saturated heterocycles. The second-order valence-corrected chi connectivity index (χ2v) is 6.66. The van der Waals surface area contributed by atoms with Gasteiger partial charge in [0.2, 0.25) is 5.91 Å². The molecule has 0 spiro atoms. The molecule has 2 heterocycles. The summed E-state index contributed by atoms with van der Waals surface area (Å²) in [6.07, 6.45) is 3.54. The van der Waals surface area contributed by atoms with E-state index in [0.717, 1.165) is 49.0 Å². The van der Waals surface area contributed by atoms with Crippen molar-refractivity contribution in [3.8, 4) is 0 Å². The number of benzene rings is 1. The van der Waals surface area contributed by atoms with Gasteiger partial charge in [0.15, 0.2) is 0 Å². The normalized spacial score (nSPS) is 17.3. The van der Waals surface area contributed by atoms with Crippen LogP contribution in [0.25, 0.3) is 0 Å². The summed E-state index contributed by atoms with van der Waals surface area (Å²) in [6.45, 7) is 2.31. The van der Waals surface area contributed by atoms with Gasteiger partial charge < -0.3 is 15.1 Å². The standard InChI is InChI=1S/C18H25N3O2.ClH/c1-20(2)17(22)13-8-11-21(12-9-13)18(23)15-5-3-7-16-14(15)6-4-10-19-16;/h3,5,7,13,19H,4,6,8-12H2,1-2H3;1H. The van der Waals surface area contributed by atoms with Crippen molar-refractivity contribution in [2.75, 3.05) is 39.0 Å². The van der Waals surface area contributed by atoms with Gasteiger partial charge in [0, 0.05) is 50.9 Å². The molecule has 2 aliphatic heterocycles. The van der Waals surface area contributed by atoms with E-state index in [2.05, 4.69) is 5.32 Å². The van der Waals surface area contributed by atoms with Crippen molar-refractivity contribution in [3.63, 3.8) is 0 Å². The van der Waals surface area contributed by atoms with Gasteiger partial charge in [-0.1, -0.05) is 6.07 Å². The van der Waals surface area contributed by atoms with E-state index >= 15 is 0 Å². The molecule has 5 nitrogen and oxygen atoms in total. The van der Waals surface area contributed by atoms with Crippen molar-refractivity contribution in [3.05, 3.63) is 29.3 Å². The zero-order valence-corrected chi connectivity index (χ0v) is 15.2. The Bertz CT molecular complexity index is 610. The molecular formula is C18H26ClN3O2. The van der Waals surface area contributed by atoms with Gasteiger partial charge in [-0.15, -0.1) is 12.4 Å². The van der Waals surface area contributed by atoms with Crippen LogP contribution in [0.15, 0.2) is 18.2 Å². The molecule has 1 N–H and O–H groups in total. The van der Waals surface area contributed by atoms with Crippen LogP contribution in [0.5, 0.6) is 0 Å². The first-order valence-corrected chi connectivity index (χ1v) is 8.44. The molecule has 6 heteroatoms. The van der Waals surface area contributed by atoms with Gasteiger partial charge in [-0.3, -0.25) is 9.59 Å². The Hall–Kier alpha value is -1.75. The Kier molecular flexibility index (Phi) is 6.10. The Morgan fingerprint density at radius 2 is 1.92 bits per heavy atom.